The molecule has 4 aromatic rings. The first-order chi connectivity index (χ1) is 26.2. The Balaban J connectivity index is 1.06. The molecule has 0 aromatic heterocycles. The fourth-order valence-electron chi connectivity index (χ4n) is 9.07. The van der Waals surface area contributed by atoms with E-state index in [2.05, 4.69) is 34.1 Å². The first kappa shape index (κ1) is 36.9. The summed E-state index contributed by atoms with van der Waals surface area (Å²) in [7, 11) is 3.44. The second kappa shape index (κ2) is 15.2. The lowest BCUT2D eigenvalue weighted by Gasteiger charge is -2.42. The number of rotatable bonds is 11. The Hall–Kier alpha value is -4.08. The molecule has 8 nitrogen and oxygen atoms in total. The molecule has 2 atom stereocenters. The first-order valence-electron chi connectivity index (χ1n) is 19.1. The molecule has 8 rings (SSSR count). The first-order valence-corrected chi connectivity index (χ1v) is 19.8. The molecular weight excluding hydrogens is 723 g/mol. The van der Waals surface area contributed by atoms with Gasteiger partial charge in [-0.25, -0.2) is 0 Å². The normalized spacial score (nSPS) is 19.8. The average Bonchev–Trinajstić information content (AvgIpc) is 3.75. The van der Waals surface area contributed by atoms with Crippen molar-refractivity contribution in [3.05, 3.63) is 93.0 Å². The predicted octanol–water partition coefficient (Wildman–Crippen LogP) is 8.98. The van der Waals surface area contributed by atoms with Crippen LogP contribution >= 0.6 is 23.2 Å². The molecule has 0 amide bonds. The maximum atomic E-state index is 12.3. The second-order valence-corrected chi connectivity index (χ2v) is 15.5. The van der Waals surface area contributed by atoms with Gasteiger partial charge < -0.3 is 18.9 Å². The van der Waals surface area contributed by atoms with Gasteiger partial charge >= 0.3 is 11.9 Å². The minimum atomic E-state index is -0.107. The highest BCUT2D eigenvalue weighted by Gasteiger charge is 2.43. The summed E-state index contributed by atoms with van der Waals surface area (Å²) in [5.41, 5.74) is 10.4. The van der Waals surface area contributed by atoms with E-state index in [1.54, 1.807) is 14.2 Å². The third-order valence-electron chi connectivity index (χ3n) is 11.8. The molecule has 2 aliphatic heterocycles. The van der Waals surface area contributed by atoms with Crippen molar-refractivity contribution in [1.29, 1.82) is 0 Å². The summed E-state index contributed by atoms with van der Waals surface area (Å²) in [6.45, 7) is 7.34. The van der Waals surface area contributed by atoms with E-state index in [4.69, 9.17) is 42.1 Å². The molecule has 54 heavy (non-hydrogen) atoms. The Morgan fingerprint density at radius 1 is 0.630 bits per heavy atom. The van der Waals surface area contributed by atoms with Crippen LogP contribution in [-0.2, 0) is 31.9 Å². The maximum Gasteiger partial charge on any atom is 0.311 e. The van der Waals surface area contributed by atoms with E-state index in [9.17, 15) is 9.59 Å². The zero-order chi connectivity index (χ0) is 37.7. The van der Waals surface area contributed by atoms with Gasteiger partial charge in [-0.3, -0.25) is 19.4 Å². The van der Waals surface area contributed by atoms with Crippen LogP contribution in [0.25, 0.3) is 33.4 Å². The summed E-state index contributed by atoms with van der Waals surface area (Å²) in [5.74, 6) is 1.34. The third-order valence-corrected chi connectivity index (χ3v) is 12.6. The monoisotopic (exact) mass is 768 g/mol. The molecule has 0 spiro atoms. The van der Waals surface area contributed by atoms with Crippen molar-refractivity contribution in [1.82, 2.24) is 9.80 Å². The second-order valence-electron chi connectivity index (χ2n) is 14.8. The van der Waals surface area contributed by atoms with Crippen LogP contribution in [0.15, 0.2) is 60.7 Å². The summed E-state index contributed by atoms with van der Waals surface area (Å²) in [6.07, 6.45) is 3.80. The van der Waals surface area contributed by atoms with Crippen molar-refractivity contribution in [2.45, 2.75) is 51.6 Å². The molecule has 2 aliphatic carbocycles. The van der Waals surface area contributed by atoms with Gasteiger partial charge in [0.05, 0.1) is 49.3 Å². The molecule has 4 aromatic carbocycles. The van der Waals surface area contributed by atoms with Crippen LogP contribution in [0.2, 0.25) is 10.0 Å². The Morgan fingerprint density at radius 2 is 1.02 bits per heavy atom. The average molecular weight is 770 g/mol. The number of aryl methyl sites for hydroxylation is 2. The van der Waals surface area contributed by atoms with Crippen molar-refractivity contribution in [2.24, 2.45) is 11.8 Å². The van der Waals surface area contributed by atoms with Gasteiger partial charge in [0, 0.05) is 71.6 Å². The van der Waals surface area contributed by atoms with E-state index in [0.717, 1.165) is 70.6 Å². The fraction of sp³-hybridized carbons (Fsp3) is 0.409. The van der Waals surface area contributed by atoms with Gasteiger partial charge in [-0.2, -0.15) is 0 Å². The maximum absolute atomic E-state index is 12.3. The molecule has 0 unspecified atom stereocenters. The van der Waals surface area contributed by atoms with Crippen molar-refractivity contribution >= 4 is 35.1 Å². The number of likely N-dealkylation sites (tertiary alicyclic amines) is 2. The number of carbonyl (C=O) groups excluding carboxylic acids is 2. The molecule has 282 valence electrons. The molecule has 2 heterocycles. The zero-order valence-electron chi connectivity index (χ0n) is 31.3. The summed E-state index contributed by atoms with van der Waals surface area (Å²) in [6, 6.07) is 21.3. The predicted molar refractivity (Wildman–Crippen MR) is 211 cm³/mol. The van der Waals surface area contributed by atoms with E-state index in [0.29, 0.717) is 49.4 Å². The molecule has 0 radical (unpaired) electrons. The standard InChI is InChI=1S/C44H46Cl2N2O6/c1-5-53-43(49)29-21-47(22-29)35-15-13-25-17-27(19-37(51-3)39(25)35)31-9-7-11-33(41(31)45)34-12-8-10-32(42(34)46)28-18-26-14-16-36(40(26)38(20-28)52-4)48-23-30(24-48)44(50)54-6-2/h7-12,17-20,29-30,35-36H,5-6,13-16,21-24H2,1-4H3/t35-,36+. The minimum Gasteiger partial charge on any atom is -0.496 e. The molecule has 10 heteroatoms. The number of nitrogens with zero attached hydrogens (tertiary/aromatic N) is 2. The van der Waals surface area contributed by atoms with E-state index < -0.39 is 0 Å². The number of fused-ring (bicyclic) bond motifs is 2. The Labute approximate surface area is 327 Å². The highest BCUT2D eigenvalue weighted by Crippen LogP contribution is 2.50. The number of esters is 2. The van der Waals surface area contributed by atoms with Crippen LogP contribution in [-0.4, -0.2) is 75.4 Å². The highest BCUT2D eigenvalue weighted by molar-refractivity contribution is 6.39. The molecule has 2 saturated heterocycles. The van der Waals surface area contributed by atoms with Gasteiger partial charge in [-0.1, -0.05) is 71.7 Å². The SMILES string of the molecule is CCOC(=O)C1CN([C@@H]2CCc3cc(-c4cccc(-c5cccc(-c6cc7c(c(OC)c6)[C@@H](N6CC(C(=O)OCC)C6)CC7)c5Cl)c4Cl)cc(OC)c32)C1. The van der Waals surface area contributed by atoms with E-state index in [1.807, 2.05) is 50.2 Å². The van der Waals surface area contributed by atoms with Crippen LogP contribution < -0.4 is 9.47 Å². The lowest BCUT2D eigenvalue weighted by Crippen LogP contribution is -2.51. The fourth-order valence-corrected chi connectivity index (χ4v) is 9.74. The van der Waals surface area contributed by atoms with Crippen LogP contribution in [0.4, 0.5) is 0 Å². The quantitative estimate of drug-likeness (QED) is 0.140. The number of hydrogen-bond donors (Lipinski definition) is 0. The van der Waals surface area contributed by atoms with Crippen LogP contribution in [0.1, 0.15) is 61.0 Å². The number of benzene rings is 4. The van der Waals surface area contributed by atoms with Gasteiger partial charge in [-0.15, -0.1) is 0 Å². The Bertz CT molecular complexity index is 1960. The van der Waals surface area contributed by atoms with Crippen molar-refractivity contribution < 1.29 is 28.5 Å². The van der Waals surface area contributed by atoms with E-state index in [-0.39, 0.29) is 35.9 Å². The van der Waals surface area contributed by atoms with Gasteiger partial charge in [0.25, 0.3) is 0 Å². The van der Waals surface area contributed by atoms with Crippen molar-refractivity contribution in [3.63, 3.8) is 0 Å². The number of halogens is 2. The van der Waals surface area contributed by atoms with Crippen LogP contribution in [0.5, 0.6) is 11.5 Å². The molecular formula is C44H46Cl2N2O6. The number of ether oxygens (including phenoxy) is 4. The van der Waals surface area contributed by atoms with Crippen molar-refractivity contribution in [2.75, 3.05) is 53.6 Å². The highest BCUT2D eigenvalue weighted by atomic mass is 35.5. The lowest BCUT2D eigenvalue weighted by atomic mass is 9.91. The smallest absolute Gasteiger partial charge is 0.311 e. The lowest BCUT2D eigenvalue weighted by molar-refractivity contribution is -0.156. The van der Waals surface area contributed by atoms with E-state index >= 15 is 0 Å². The van der Waals surface area contributed by atoms with Crippen LogP contribution in [0.3, 0.4) is 0 Å². The molecule has 2 fully saturated rings. The molecule has 0 saturated carbocycles. The summed E-state index contributed by atoms with van der Waals surface area (Å²) >= 11 is 14.6. The number of hydrogen-bond acceptors (Lipinski definition) is 8. The molecule has 4 aliphatic rings. The largest absolute Gasteiger partial charge is 0.496 e. The summed E-state index contributed by atoms with van der Waals surface area (Å²) in [4.78, 5) is 29.3. The minimum absolute atomic E-state index is 0.0629. The van der Waals surface area contributed by atoms with Gasteiger partial charge in [0.15, 0.2) is 0 Å². The molecule has 0 N–H and O–H groups in total. The topological polar surface area (TPSA) is 77.5 Å². The van der Waals surface area contributed by atoms with Crippen LogP contribution in [0, 0.1) is 11.8 Å². The summed E-state index contributed by atoms with van der Waals surface area (Å²) < 4.78 is 22.5. The molecule has 0 bridgehead atoms. The van der Waals surface area contributed by atoms with Gasteiger partial charge in [0.1, 0.15) is 11.5 Å². The Morgan fingerprint density at radius 3 is 1.39 bits per heavy atom. The zero-order valence-corrected chi connectivity index (χ0v) is 32.8. The van der Waals surface area contributed by atoms with Gasteiger partial charge in [-0.05, 0) is 73.9 Å². The van der Waals surface area contributed by atoms with E-state index in [1.165, 1.54) is 22.3 Å². The third kappa shape index (κ3) is 6.45. The summed E-state index contributed by atoms with van der Waals surface area (Å²) in [5, 5.41) is 1.25. The number of methoxy groups -OCH3 is 2. The van der Waals surface area contributed by atoms with Gasteiger partial charge in [0.2, 0.25) is 0 Å². The number of carbonyl (C=O) groups is 2. The Kier molecular flexibility index (Phi) is 10.4. The van der Waals surface area contributed by atoms with Crippen molar-refractivity contribution in [3.8, 4) is 44.9 Å².